The van der Waals surface area contributed by atoms with Gasteiger partial charge in [0.25, 0.3) is 5.56 Å². The minimum absolute atomic E-state index is 0.0215. The van der Waals surface area contributed by atoms with E-state index >= 15 is 0 Å². The molecule has 1 atom stereocenters. The first-order chi connectivity index (χ1) is 12.1. The van der Waals surface area contributed by atoms with E-state index in [2.05, 4.69) is 11.1 Å². The normalized spacial score (nSPS) is 17.3. The molecule has 1 aromatic carbocycles. The van der Waals surface area contributed by atoms with Gasteiger partial charge in [0, 0.05) is 11.4 Å². The maximum atomic E-state index is 12.8. The number of carbonyl (C=O) groups excluding carboxylic acids is 1. The molecule has 5 nitrogen and oxygen atoms in total. The zero-order chi connectivity index (χ0) is 17.4. The summed E-state index contributed by atoms with van der Waals surface area (Å²) < 4.78 is 1.42. The Bertz CT molecular complexity index is 978. The smallest absolute Gasteiger partial charge is 0.261 e. The van der Waals surface area contributed by atoms with Crippen LogP contribution in [0.25, 0.3) is 10.9 Å². The number of para-hydroxylation sites is 1. The van der Waals surface area contributed by atoms with Crippen LogP contribution in [-0.4, -0.2) is 26.9 Å². The lowest BCUT2D eigenvalue weighted by molar-refractivity contribution is -0.132. The Labute approximate surface area is 149 Å². The molecule has 0 spiro atoms. The Kier molecular flexibility index (Phi) is 4.13. The molecule has 1 aliphatic heterocycles. The molecule has 3 aromatic rings. The minimum Gasteiger partial charge on any atom is -0.333 e. The van der Waals surface area contributed by atoms with Crippen LogP contribution in [0, 0.1) is 6.92 Å². The average molecular weight is 353 g/mol. The Morgan fingerprint density at radius 2 is 2.20 bits per heavy atom. The van der Waals surface area contributed by atoms with Gasteiger partial charge in [0.05, 0.1) is 23.3 Å². The van der Waals surface area contributed by atoms with Gasteiger partial charge in [-0.1, -0.05) is 18.2 Å². The maximum absolute atomic E-state index is 12.8. The van der Waals surface area contributed by atoms with E-state index in [1.165, 1.54) is 15.8 Å². The molecule has 1 aliphatic rings. The lowest BCUT2D eigenvalue weighted by Gasteiger charge is -2.24. The summed E-state index contributed by atoms with van der Waals surface area (Å²) in [6, 6.07) is 9.77. The molecule has 3 heterocycles. The van der Waals surface area contributed by atoms with Gasteiger partial charge >= 0.3 is 0 Å². The number of carbonyl (C=O) groups is 1. The van der Waals surface area contributed by atoms with Gasteiger partial charge in [-0.15, -0.1) is 11.3 Å². The van der Waals surface area contributed by atoms with E-state index < -0.39 is 0 Å². The van der Waals surface area contributed by atoms with Crippen molar-refractivity contribution in [3.63, 3.8) is 0 Å². The fraction of sp³-hybridized carbons (Fsp3) is 0.316. The van der Waals surface area contributed by atoms with Crippen LogP contribution in [0.2, 0.25) is 0 Å². The highest BCUT2D eigenvalue weighted by Gasteiger charge is 2.30. The zero-order valence-electron chi connectivity index (χ0n) is 14.0. The third kappa shape index (κ3) is 2.87. The zero-order valence-corrected chi connectivity index (χ0v) is 14.8. The van der Waals surface area contributed by atoms with Gasteiger partial charge in [0.2, 0.25) is 5.91 Å². The number of benzene rings is 1. The topological polar surface area (TPSA) is 55.2 Å². The van der Waals surface area contributed by atoms with Crippen molar-refractivity contribution >= 4 is 28.1 Å². The molecule has 0 N–H and O–H groups in total. The van der Waals surface area contributed by atoms with E-state index in [0.717, 1.165) is 24.9 Å². The van der Waals surface area contributed by atoms with Gasteiger partial charge in [0.1, 0.15) is 6.54 Å². The number of aryl methyl sites for hydroxylation is 1. The van der Waals surface area contributed by atoms with Crippen LogP contribution < -0.4 is 5.56 Å². The molecule has 1 fully saturated rings. The Balaban J connectivity index is 1.62. The summed E-state index contributed by atoms with van der Waals surface area (Å²) in [6.45, 7) is 2.72. The van der Waals surface area contributed by atoms with Crippen molar-refractivity contribution in [2.45, 2.75) is 32.4 Å². The highest BCUT2D eigenvalue weighted by Crippen LogP contribution is 2.34. The van der Waals surface area contributed by atoms with Crippen molar-refractivity contribution in [3.8, 4) is 0 Å². The molecule has 1 amide bonds. The highest BCUT2D eigenvalue weighted by molar-refractivity contribution is 7.10. The second-order valence-corrected chi connectivity index (χ2v) is 7.39. The first-order valence-electron chi connectivity index (χ1n) is 8.43. The second kappa shape index (κ2) is 6.44. The van der Waals surface area contributed by atoms with Gasteiger partial charge in [-0.3, -0.25) is 14.2 Å². The molecule has 1 saturated heterocycles. The molecule has 2 aromatic heterocycles. The average Bonchev–Trinajstić information content (AvgIpc) is 3.28. The van der Waals surface area contributed by atoms with Gasteiger partial charge < -0.3 is 4.90 Å². The van der Waals surface area contributed by atoms with Crippen molar-refractivity contribution in [1.29, 1.82) is 0 Å². The van der Waals surface area contributed by atoms with Crippen LogP contribution in [0.3, 0.4) is 0 Å². The third-order valence-corrected chi connectivity index (χ3v) is 5.78. The van der Waals surface area contributed by atoms with Crippen LogP contribution in [-0.2, 0) is 11.3 Å². The quantitative estimate of drug-likeness (QED) is 0.727. The number of amides is 1. The van der Waals surface area contributed by atoms with E-state index in [4.69, 9.17) is 0 Å². The fourth-order valence-corrected chi connectivity index (χ4v) is 4.40. The van der Waals surface area contributed by atoms with Gasteiger partial charge in [-0.2, -0.15) is 0 Å². The fourth-order valence-electron chi connectivity index (χ4n) is 3.53. The van der Waals surface area contributed by atoms with Crippen LogP contribution in [0.5, 0.6) is 0 Å². The molecule has 128 valence electrons. The molecule has 0 aliphatic carbocycles. The van der Waals surface area contributed by atoms with Crippen molar-refractivity contribution in [2.75, 3.05) is 6.54 Å². The lowest BCUT2D eigenvalue weighted by atomic mass is 10.1. The number of fused-ring (bicyclic) bond motifs is 1. The Hall–Kier alpha value is -2.47. The van der Waals surface area contributed by atoms with E-state index in [-0.39, 0.29) is 24.1 Å². The van der Waals surface area contributed by atoms with Gasteiger partial charge in [-0.25, -0.2) is 4.98 Å². The Morgan fingerprint density at radius 1 is 1.32 bits per heavy atom. The summed E-state index contributed by atoms with van der Waals surface area (Å²) in [5.74, 6) is -0.0215. The summed E-state index contributed by atoms with van der Waals surface area (Å²) in [4.78, 5) is 33.0. The predicted octanol–water partition coefficient (Wildman–Crippen LogP) is 3.13. The predicted molar refractivity (Wildman–Crippen MR) is 98.7 cm³/mol. The number of aromatic nitrogens is 2. The summed E-state index contributed by atoms with van der Waals surface area (Å²) >= 11 is 1.68. The molecular formula is C19H19N3O2S. The molecule has 0 saturated carbocycles. The SMILES string of the molecule is Cc1cccc2c(=O)n(CC(=O)N3CCC[C@@H]3c3cccs3)cnc12. The number of rotatable bonds is 3. The highest BCUT2D eigenvalue weighted by atomic mass is 32.1. The van der Waals surface area contributed by atoms with E-state index in [1.807, 2.05) is 35.4 Å². The molecule has 0 unspecified atom stereocenters. The first-order valence-corrected chi connectivity index (χ1v) is 9.31. The largest absolute Gasteiger partial charge is 0.333 e. The maximum Gasteiger partial charge on any atom is 0.261 e. The number of likely N-dealkylation sites (tertiary alicyclic amines) is 1. The number of nitrogens with zero attached hydrogens (tertiary/aromatic N) is 3. The summed E-state index contributed by atoms with van der Waals surface area (Å²) in [5, 5.41) is 2.60. The molecule has 25 heavy (non-hydrogen) atoms. The minimum atomic E-state index is -0.158. The standard InChI is InChI=1S/C19H19N3O2S/c1-13-5-2-6-14-18(13)20-12-21(19(14)24)11-17(23)22-9-3-7-15(22)16-8-4-10-25-16/h2,4-6,8,10,12,15H,3,7,9,11H2,1H3/t15-/m1/s1. The Morgan fingerprint density at radius 3 is 3.00 bits per heavy atom. The third-order valence-electron chi connectivity index (χ3n) is 4.81. The van der Waals surface area contributed by atoms with Gasteiger partial charge in [-0.05, 0) is 42.8 Å². The van der Waals surface area contributed by atoms with E-state index in [1.54, 1.807) is 17.4 Å². The van der Waals surface area contributed by atoms with Crippen LogP contribution in [0.1, 0.15) is 29.3 Å². The molecule has 6 heteroatoms. The van der Waals surface area contributed by atoms with Crippen LogP contribution in [0.4, 0.5) is 0 Å². The molecule has 0 bridgehead atoms. The van der Waals surface area contributed by atoms with Crippen molar-refractivity contribution < 1.29 is 4.79 Å². The monoisotopic (exact) mass is 353 g/mol. The second-order valence-electron chi connectivity index (χ2n) is 6.41. The van der Waals surface area contributed by atoms with Crippen molar-refractivity contribution in [3.05, 3.63) is 62.8 Å². The van der Waals surface area contributed by atoms with Gasteiger partial charge in [0.15, 0.2) is 0 Å². The number of hydrogen-bond donors (Lipinski definition) is 0. The molecular weight excluding hydrogens is 334 g/mol. The summed E-state index contributed by atoms with van der Waals surface area (Å²) in [5.41, 5.74) is 1.51. The molecule has 0 radical (unpaired) electrons. The molecule has 4 rings (SSSR count). The first kappa shape index (κ1) is 16.0. The summed E-state index contributed by atoms with van der Waals surface area (Å²) in [7, 11) is 0. The van der Waals surface area contributed by atoms with Crippen LogP contribution in [0.15, 0.2) is 46.8 Å². The van der Waals surface area contributed by atoms with Crippen LogP contribution >= 0.6 is 11.3 Å². The van der Waals surface area contributed by atoms with E-state index in [9.17, 15) is 9.59 Å². The lowest BCUT2D eigenvalue weighted by Crippen LogP contribution is -2.36. The van der Waals surface area contributed by atoms with E-state index in [0.29, 0.717) is 10.9 Å². The van der Waals surface area contributed by atoms with Crippen molar-refractivity contribution in [2.24, 2.45) is 0 Å². The number of hydrogen-bond acceptors (Lipinski definition) is 4. The summed E-state index contributed by atoms with van der Waals surface area (Å²) in [6.07, 6.45) is 3.47. The number of thiophene rings is 1. The van der Waals surface area contributed by atoms with Crippen molar-refractivity contribution in [1.82, 2.24) is 14.5 Å².